The highest BCUT2D eigenvalue weighted by Gasteiger charge is 2.26. The molecule has 1 aliphatic rings. The number of nitrogens with zero attached hydrogens (tertiary/aromatic N) is 1. The maximum absolute atomic E-state index is 5.93. The summed E-state index contributed by atoms with van der Waals surface area (Å²) in [5.41, 5.74) is 6.20. The summed E-state index contributed by atoms with van der Waals surface area (Å²) >= 11 is 0. The summed E-state index contributed by atoms with van der Waals surface area (Å²) in [5.74, 6) is 0. The predicted octanol–water partition coefficient (Wildman–Crippen LogP) is 1.86. The van der Waals surface area contributed by atoms with Gasteiger partial charge in [0, 0.05) is 26.2 Å². The molecule has 0 bridgehead atoms. The second kappa shape index (κ2) is 6.58. The lowest BCUT2D eigenvalue weighted by Gasteiger charge is -2.34. The lowest BCUT2D eigenvalue weighted by molar-refractivity contribution is 0.0601. The molecule has 1 rings (SSSR count). The van der Waals surface area contributed by atoms with Crippen molar-refractivity contribution in [2.45, 2.75) is 46.1 Å². The highest BCUT2D eigenvalue weighted by atomic mass is 16.5. The smallest absolute Gasteiger partial charge is 0.0673 e. The van der Waals surface area contributed by atoms with Crippen molar-refractivity contribution in [3.63, 3.8) is 0 Å². The summed E-state index contributed by atoms with van der Waals surface area (Å²) < 4.78 is 5.67. The van der Waals surface area contributed by atoms with Gasteiger partial charge >= 0.3 is 0 Å². The van der Waals surface area contributed by atoms with Crippen molar-refractivity contribution >= 4 is 0 Å². The van der Waals surface area contributed by atoms with Gasteiger partial charge in [-0.1, -0.05) is 20.3 Å². The third kappa shape index (κ3) is 4.40. The zero-order valence-electron chi connectivity index (χ0n) is 11.2. The maximum Gasteiger partial charge on any atom is 0.0673 e. The Morgan fingerprint density at radius 1 is 1.50 bits per heavy atom. The molecule has 2 atom stereocenters. The summed E-state index contributed by atoms with van der Waals surface area (Å²) in [5, 5.41) is 0. The van der Waals surface area contributed by atoms with Gasteiger partial charge in [-0.3, -0.25) is 0 Å². The van der Waals surface area contributed by atoms with Crippen LogP contribution < -0.4 is 5.73 Å². The SMILES string of the molecule is CCCC(C)(CN)CN1CCCOC(C)C1. The second-order valence-electron chi connectivity index (χ2n) is 5.53. The fraction of sp³-hybridized carbons (Fsp3) is 1.00. The summed E-state index contributed by atoms with van der Waals surface area (Å²) in [6, 6.07) is 0. The molecule has 3 heteroatoms. The summed E-state index contributed by atoms with van der Waals surface area (Å²) in [6.45, 7) is 11.7. The van der Waals surface area contributed by atoms with E-state index in [1.165, 1.54) is 12.8 Å². The fourth-order valence-electron chi connectivity index (χ4n) is 2.61. The zero-order chi connectivity index (χ0) is 12.0. The Hall–Kier alpha value is -0.120. The van der Waals surface area contributed by atoms with Crippen molar-refractivity contribution < 1.29 is 4.74 Å². The van der Waals surface area contributed by atoms with E-state index in [1.54, 1.807) is 0 Å². The van der Waals surface area contributed by atoms with Gasteiger partial charge in [-0.05, 0) is 31.7 Å². The standard InChI is InChI=1S/C13H28N2O/c1-4-6-13(3,10-14)11-15-7-5-8-16-12(2)9-15/h12H,4-11,14H2,1-3H3. The molecule has 1 heterocycles. The first-order valence-corrected chi connectivity index (χ1v) is 6.63. The number of hydrogen-bond acceptors (Lipinski definition) is 3. The van der Waals surface area contributed by atoms with Crippen molar-refractivity contribution in [2.24, 2.45) is 11.1 Å². The van der Waals surface area contributed by atoms with Crippen LogP contribution in [0.5, 0.6) is 0 Å². The molecule has 0 aromatic rings. The molecule has 2 N–H and O–H groups in total. The van der Waals surface area contributed by atoms with E-state index < -0.39 is 0 Å². The molecule has 3 nitrogen and oxygen atoms in total. The van der Waals surface area contributed by atoms with Crippen molar-refractivity contribution in [1.82, 2.24) is 4.90 Å². The number of nitrogens with two attached hydrogens (primary N) is 1. The van der Waals surface area contributed by atoms with E-state index in [0.717, 1.165) is 39.2 Å². The van der Waals surface area contributed by atoms with E-state index in [2.05, 4.69) is 25.7 Å². The van der Waals surface area contributed by atoms with Gasteiger partial charge in [-0.2, -0.15) is 0 Å². The molecule has 0 aromatic carbocycles. The highest BCUT2D eigenvalue weighted by molar-refractivity contribution is 4.80. The van der Waals surface area contributed by atoms with Crippen LogP contribution in [0.4, 0.5) is 0 Å². The van der Waals surface area contributed by atoms with Gasteiger partial charge in [-0.25, -0.2) is 0 Å². The molecule has 1 saturated heterocycles. The minimum absolute atomic E-state index is 0.277. The topological polar surface area (TPSA) is 38.5 Å². The molecule has 0 saturated carbocycles. The number of hydrogen-bond donors (Lipinski definition) is 1. The number of ether oxygens (including phenoxy) is 1. The molecule has 1 aliphatic heterocycles. The lowest BCUT2D eigenvalue weighted by atomic mass is 9.85. The molecule has 16 heavy (non-hydrogen) atoms. The van der Waals surface area contributed by atoms with Crippen LogP contribution in [0, 0.1) is 5.41 Å². The van der Waals surface area contributed by atoms with E-state index in [4.69, 9.17) is 10.5 Å². The van der Waals surface area contributed by atoms with Gasteiger partial charge in [0.25, 0.3) is 0 Å². The van der Waals surface area contributed by atoms with E-state index >= 15 is 0 Å². The molecule has 0 aromatic heterocycles. The molecule has 1 fully saturated rings. The summed E-state index contributed by atoms with van der Waals surface area (Å²) in [6.07, 6.45) is 3.95. The van der Waals surface area contributed by atoms with Crippen molar-refractivity contribution in [2.75, 3.05) is 32.8 Å². The van der Waals surface area contributed by atoms with E-state index in [-0.39, 0.29) is 5.41 Å². The zero-order valence-corrected chi connectivity index (χ0v) is 11.2. The average molecular weight is 228 g/mol. The van der Waals surface area contributed by atoms with Crippen LogP contribution in [0.3, 0.4) is 0 Å². The molecule has 0 spiro atoms. The first-order chi connectivity index (χ1) is 7.59. The molecule has 96 valence electrons. The Balaban J connectivity index is 2.49. The highest BCUT2D eigenvalue weighted by Crippen LogP contribution is 2.24. The van der Waals surface area contributed by atoms with Gasteiger partial charge < -0.3 is 15.4 Å². The van der Waals surface area contributed by atoms with Gasteiger partial charge in [0.2, 0.25) is 0 Å². The minimum Gasteiger partial charge on any atom is -0.377 e. The maximum atomic E-state index is 5.93. The Kier molecular flexibility index (Phi) is 5.73. The molecule has 0 radical (unpaired) electrons. The van der Waals surface area contributed by atoms with Crippen LogP contribution >= 0.6 is 0 Å². The third-order valence-electron chi connectivity index (χ3n) is 3.49. The van der Waals surface area contributed by atoms with Gasteiger partial charge in [0.05, 0.1) is 6.10 Å². The van der Waals surface area contributed by atoms with E-state index in [1.807, 2.05) is 0 Å². The molecular formula is C13H28N2O. The molecule has 0 aliphatic carbocycles. The van der Waals surface area contributed by atoms with Crippen LogP contribution in [-0.2, 0) is 4.74 Å². The summed E-state index contributed by atoms with van der Waals surface area (Å²) in [7, 11) is 0. The monoisotopic (exact) mass is 228 g/mol. The molecule has 0 amide bonds. The van der Waals surface area contributed by atoms with Crippen molar-refractivity contribution in [3.05, 3.63) is 0 Å². The van der Waals surface area contributed by atoms with Gasteiger partial charge in [0.1, 0.15) is 0 Å². The Bertz CT molecular complexity index is 198. The Morgan fingerprint density at radius 3 is 2.88 bits per heavy atom. The first-order valence-electron chi connectivity index (χ1n) is 6.63. The van der Waals surface area contributed by atoms with Gasteiger partial charge in [-0.15, -0.1) is 0 Å². The quantitative estimate of drug-likeness (QED) is 0.780. The van der Waals surface area contributed by atoms with Crippen LogP contribution in [0.15, 0.2) is 0 Å². The normalized spacial score (nSPS) is 27.4. The second-order valence-corrected chi connectivity index (χ2v) is 5.53. The lowest BCUT2D eigenvalue weighted by Crippen LogP contribution is -2.42. The third-order valence-corrected chi connectivity index (χ3v) is 3.49. The van der Waals surface area contributed by atoms with Crippen molar-refractivity contribution in [1.29, 1.82) is 0 Å². The fourth-order valence-corrected chi connectivity index (χ4v) is 2.61. The average Bonchev–Trinajstić information content (AvgIpc) is 2.43. The first kappa shape index (κ1) is 13.9. The largest absolute Gasteiger partial charge is 0.377 e. The minimum atomic E-state index is 0.277. The van der Waals surface area contributed by atoms with Crippen LogP contribution in [0.25, 0.3) is 0 Å². The van der Waals surface area contributed by atoms with Gasteiger partial charge in [0.15, 0.2) is 0 Å². The summed E-state index contributed by atoms with van der Waals surface area (Å²) in [4.78, 5) is 2.53. The van der Waals surface area contributed by atoms with E-state index in [0.29, 0.717) is 6.10 Å². The van der Waals surface area contributed by atoms with Crippen LogP contribution in [-0.4, -0.2) is 43.8 Å². The Labute approximate surface area is 100 Å². The van der Waals surface area contributed by atoms with Crippen molar-refractivity contribution in [3.8, 4) is 0 Å². The Morgan fingerprint density at radius 2 is 2.25 bits per heavy atom. The van der Waals surface area contributed by atoms with E-state index in [9.17, 15) is 0 Å². The predicted molar refractivity (Wildman–Crippen MR) is 68.5 cm³/mol. The molecular weight excluding hydrogens is 200 g/mol. The molecule has 2 unspecified atom stereocenters. The number of rotatable bonds is 5. The van der Waals surface area contributed by atoms with Crippen LogP contribution in [0.1, 0.15) is 40.0 Å². The van der Waals surface area contributed by atoms with Crippen LogP contribution in [0.2, 0.25) is 0 Å².